The SMILES string of the molecule is CNc1c(C(=N)C2CCC(=O)NC2=O)cccc1N1CCNCC1. The van der Waals surface area contributed by atoms with Gasteiger partial charge in [-0.3, -0.25) is 14.9 Å². The Hall–Kier alpha value is -2.41. The first-order chi connectivity index (χ1) is 11.6. The molecular weight excluding hydrogens is 306 g/mol. The van der Waals surface area contributed by atoms with E-state index >= 15 is 0 Å². The van der Waals surface area contributed by atoms with Crippen molar-refractivity contribution in [2.45, 2.75) is 12.8 Å². The highest BCUT2D eigenvalue weighted by atomic mass is 16.2. The van der Waals surface area contributed by atoms with E-state index in [9.17, 15) is 9.59 Å². The number of piperazine rings is 1. The Labute approximate surface area is 141 Å². The first kappa shape index (κ1) is 16.4. The molecule has 4 N–H and O–H groups in total. The lowest BCUT2D eigenvalue weighted by Gasteiger charge is -2.32. The molecule has 0 spiro atoms. The zero-order valence-electron chi connectivity index (χ0n) is 13.8. The lowest BCUT2D eigenvalue weighted by Crippen LogP contribution is -2.44. The van der Waals surface area contributed by atoms with Gasteiger partial charge in [0.05, 0.1) is 23.0 Å². The fourth-order valence-corrected chi connectivity index (χ4v) is 3.35. The summed E-state index contributed by atoms with van der Waals surface area (Å²) in [7, 11) is 1.84. The molecule has 0 bridgehead atoms. The van der Waals surface area contributed by atoms with Gasteiger partial charge in [-0.1, -0.05) is 12.1 Å². The normalized spacial score (nSPS) is 21.4. The number of rotatable bonds is 4. The predicted octanol–water partition coefficient (Wildman–Crippen LogP) is 0.559. The molecule has 1 aromatic carbocycles. The van der Waals surface area contributed by atoms with Gasteiger partial charge in [0.15, 0.2) is 0 Å². The van der Waals surface area contributed by atoms with E-state index in [1.165, 1.54) is 0 Å². The second kappa shape index (κ2) is 7.00. The summed E-state index contributed by atoms with van der Waals surface area (Å²) in [6, 6.07) is 5.83. The number of hydrogen-bond donors (Lipinski definition) is 4. The lowest BCUT2D eigenvalue weighted by atomic mass is 9.88. The van der Waals surface area contributed by atoms with Crippen LogP contribution in [-0.2, 0) is 9.59 Å². The lowest BCUT2D eigenvalue weighted by molar-refractivity contribution is -0.134. The molecule has 2 fully saturated rings. The molecule has 24 heavy (non-hydrogen) atoms. The average Bonchev–Trinajstić information content (AvgIpc) is 2.61. The second-order valence-corrected chi connectivity index (χ2v) is 6.10. The molecule has 1 unspecified atom stereocenters. The highest BCUT2D eigenvalue weighted by molar-refractivity contribution is 6.18. The van der Waals surface area contributed by atoms with Gasteiger partial charge in [0.2, 0.25) is 11.8 Å². The van der Waals surface area contributed by atoms with Crippen LogP contribution in [0.3, 0.4) is 0 Å². The van der Waals surface area contributed by atoms with Crippen molar-refractivity contribution >= 4 is 28.9 Å². The van der Waals surface area contributed by atoms with E-state index in [2.05, 4.69) is 20.9 Å². The average molecular weight is 329 g/mol. The molecule has 0 aromatic heterocycles. The number of anilines is 2. The minimum absolute atomic E-state index is 0.257. The molecule has 3 rings (SSSR count). The van der Waals surface area contributed by atoms with Crippen LogP contribution in [0.15, 0.2) is 18.2 Å². The van der Waals surface area contributed by atoms with Crippen molar-refractivity contribution in [1.29, 1.82) is 5.41 Å². The van der Waals surface area contributed by atoms with Crippen molar-refractivity contribution in [2.75, 3.05) is 43.4 Å². The number of carbonyl (C=O) groups is 2. The molecule has 2 aliphatic heterocycles. The van der Waals surface area contributed by atoms with Gasteiger partial charge in [0.1, 0.15) is 0 Å². The molecule has 2 aliphatic rings. The first-order valence-corrected chi connectivity index (χ1v) is 8.30. The molecule has 1 aromatic rings. The molecule has 7 heteroatoms. The summed E-state index contributed by atoms with van der Waals surface area (Å²) in [5, 5.41) is 17.4. The molecule has 1 atom stereocenters. The summed E-state index contributed by atoms with van der Waals surface area (Å²) in [6.45, 7) is 3.67. The second-order valence-electron chi connectivity index (χ2n) is 6.10. The van der Waals surface area contributed by atoms with Crippen LogP contribution >= 0.6 is 0 Å². The van der Waals surface area contributed by atoms with E-state index in [0.717, 1.165) is 43.1 Å². The van der Waals surface area contributed by atoms with Gasteiger partial charge in [-0.25, -0.2) is 0 Å². The molecule has 128 valence electrons. The molecule has 2 heterocycles. The van der Waals surface area contributed by atoms with Crippen molar-refractivity contribution in [3.63, 3.8) is 0 Å². The molecule has 2 saturated heterocycles. The summed E-state index contributed by atoms with van der Waals surface area (Å²) >= 11 is 0. The first-order valence-electron chi connectivity index (χ1n) is 8.30. The monoisotopic (exact) mass is 329 g/mol. The number of nitrogens with zero attached hydrogens (tertiary/aromatic N) is 1. The van der Waals surface area contributed by atoms with E-state index in [-0.39, 0.29) is 23.9 Å². The number of carbonyl (C=O) groups excluding carboxylic acids is 2. The Bertz CT molecular complexity index is 667. The third-order valence-corrected chi connectivity index (χ3v) is 4.63. The van der Waals surface area contributed by atoms with Crippen molar-refractivity contribution in [3.8, 4) is 0 Å². The number of nitrogens with one attached hydrogen (secondary N) is 4. The Kier molecular flexibility index (Phi) is 4.80. The Balaban J connectivity index is 1.91. The molecule has 0 aliphatic carbocycles. The summed E-state index contributed by atoms with van der Waals surface area (Å²) in [5.74, 6) is -1.20. The summed E-state index contributed by atoms with van der Waals surface area (Å²) in [5.41, 5.74) is 2.91. The number of hydrogen-bond acceptors (Lipinski definition) is 6. The van der Waals surface area contributed by atoms with Crippen LogP contribution in [0.5, 0.6) is 0 Å². The van der Waals surface area contributed by atoms with Crippen LogP contribution in [0.25, 0.3) is 0 Å². The van der Waals surface area contributed by atoms with Gasteiger partial charge in [0, 0.05) is 45.2 Å². The third kappa shape index (κ3) is 3.12. The summed E-state index contributed by atoms with van der Waals surface area (Å²) in [4.78, 5) is 25.7. The topological polar surface area (TPSA) is 97.3 Å². The zero-order valence-corrected chi connectivity index (χ0v) is 13.8. The molecule has 2 amide bonds. The van der Waals surface area contributed by atoms with Gasteiger partial charge in [0.25, 0.3) is 0 Å². The number of imide groups is 1. The van der Waals surface area contributed by atoms with Gasteiger partial charge in [-0.2, -0.15) is 0 Å². The minimum Gasteiger partial charge on any atom is -0.386 e. The van der Waals surface area contributed by atoms with E-state index < -0.39 is 5.92 Å². The van der Waals surface area contributed by atoms with Gasteiger partial charge < -0.3 is 20.9 Å². The van der Waals surface area contributed by atoms with Crippen LogP contribution in [0.4, 0.5) is 11.4 Å². The number of amides is 2. The van der Waals surface area contributed by atoms with Gasteiger partial charge >= 0.3 is 0 Å². The van der Waals surface area contributed by atoms with Crippen molar-refractivity contribution < 1.29 is 9.59 Å². The maximum atomic E-state index is 12.1. The summed E-state index contributed by atoms with van der Waals surface area (Å²) < 4.78 is 0. The molecule has 0 radical (unpaired) electrons. The Morgan fingerprint density at radius 2 is 2.04 bits per heavy atom. The highest BCUT2D eigenvalue weighted by Crippen LogP contribution is 2.32. The van der Waals surface area contributed by atoms with Crippen LogP contribution in [0, 0.1) is 11.3 Å². The fourth-order valence-electron chi connectivity index (χ4n) is 3.35. The van der Waals surface area contributed by atoms with E-state index in [1.807, 2.05) is 25.2 Å². The molecule has 7 nitrogen and oxygen atoms in total. The van der Waals surface area contributed by atoms with E-state index in [0.29, 0.717) is 6.42 Å². The van der Waals surface area contributed by atoms with Gasteiger partial charge in [-0.15, -0.1) is 0 Å². The van der Waals surface area contributed by atoms with Crippen molar-refractivity contribution in [2.24, 2.45) is 5.92 Å². The predicted molar refractivity (Wildman–Crippen MR) is 93.8 cm³/mol. The Morgan fingerprint density at radius 1 is 1.29 bits per heavy atom. The summed E-state index contributed by atoms with van der Waals surface area (Å²) in [6.07, 6.45) is 0.676. The quantitative estimate of drug-likeness (QED) is 0.478. The van der Waals surface area contributed by atoms with Crippen LogP contribution in [0.2, 0.25) is 0 Å². The van der Waals surface area contributed by atoms with E-state index in [1.54, 1.807) is 0 Å². The smallest absolute Gasteiger partial charge is 0.235 e. The minimum atomic E-state index is -0.576. The van der Waals surface area contributed by atoms with Crippen LogP contribution in [-0.4, -0.2) is 50.8 Å². The molecular formula is C17H23N5O2. The molecule has 0 saturated carbocycles. The standard InChI is InChI=1S/C17H23N5O2/c1-19-16-11(15(18)12-5-6-14(23)21-17(12)24)3-2-4-13(16)22-9-7-20-8-10-22/h2-4,12,18-20H,5-10H2,1H3,(H,21,23,24). The van der Waals surface area contributed by atoms with Crippen molar-refractivity contribution in [3.05, 3.63) is 23.8 Å². The largest absolute Gasteiger partial charge is 0.386 e. The maximum absolute atomic E-state index is 12.1. The zero-order chi connectivity index (χ0) is 17.1. The van der Waals surface area contributed by atoms with Crippen LogP contribution < -0.4 is 20.9 Å². The number of benzene rings is 1. The van der Waals surface area contributed by atoms with Gasteiger partial charge in [-0.05, 0) is 12.5 Å². The fraction of sp³-hybridized carbons (Fsp3) is 0.471. The van der Waals surface area contributed by atoms with Crippen LogP contribution in [0.1, 0.15) is 18.4 Å². The number of para-hydroxylation sites is 1. The highest BCUT2D eigenvalue weighted by Gasteiger charge is 2.32. The Morgan fingerprint density at radius 3 is 2.71 bits per heavy atom. The van der Waals surface area contributed by atoms with E-state index in [4.69, 9.17) is 5.41 Å². The third-order valence-electron chi connectivity index (χ3n) is 4.63. The maximum Gasteiger partial charge on any atom is 0.235 e. The number of piperidine rings is 1. The van der Waals surface area contributed by atoms with Crippen molar-refractivity contribution in [1.82, 2.24) is 10.6 Å².